The number of carbonyl (C=O) groups is 1. The van der Waals surface area contributed by atoms with Crippen molar-refractivity contribution in [2.45, 2.75) is 32.9 Å². The molecular weight excluding hydrogens is 390 g/mol. The Morgan fingerprint density at radius 2 is 1.84 bits per heavy atom. The van der Waals surface area contributed by atoms with E-state index < -0.39 is 5.97 Å². The van der Waals surface area contributed by atoms with Gasteiger partial charge in [0.1, 0.15) is 23.7 Å². The highest BCUT2D eigenvalue weighted by Gasteiger charge is 2.16. The fraction of sp³-hybridized carbons (Fsp3) is 0.192. The van der Waals surface area contributed by atoms with Gasteiger partial charge in [-0.15, -0.1) is 0 Å². The van der Waals surface area contributed by atoms with Crippen LogP contribution >= 0.6 is 0 Å². The quantitative estimate of drug-likeness (QED) is 0.406. The fourth-order valence-corrected chi connectivity index (χ4v) is 3.80. The van der Waals surface area contributed by atoms with Crippen LogP contribution in [0.3, 0.4) is 0 Å². The Kier molecular flexibility index (Phi) is 6.05. The first kappa shape index (κ1) is 20.7. The number of hydrogen-bond acceptors (Lipinski definition) is 4. The molecule has 1 aromatic heterocycles. The third-order valence-corrected chi connectivity index (χ3v) is 5.38. The van der Waals surface area contributed by atoms with Crippen molar-refractivity contribution in [2.75, 3.05) is 0 Å². The molecule has 3 N–H and O–H groups in total. The molecule has 5 heteroatoms. The van der Waals surface area contributed by atoms with Crippen molar-refractivity contribution in [3.63, 3.8) is 0 Å². The van der Waals surface area contributed by atoms with Gasteiger partial charge in [-0.1, -0.05) is 49.4 Å². The van der Waals surface area contributed by atoms with Gasteiger partial charge in [-0.2, -0.15) is 0 Å². The molecule has 0 atom stereocenters. The van der Waals surface area contributed by atoms with Crippen LogP contribution in [0.5, 0.6) is 5.75 Å². The van der Waals surface area contributed by atoms with E-state index in [9.17, 15) is 4.79 Å². The zero-order valence-electron chi connectivity index (χ0n) is 17.4. The first-order valence-electron chi connectivity index (χ1n) is 10.3. The molecule has 0 aliphatic carbocycles. The number of carboxylic acids is 1. The monoisotopic (exact) mass is 415 g/mol. The van der Waals surface area contributed by atoms with E-state index in [0.717, 1.165) is 45.4 Å². The van der Waals surface area contributed by atoms with Crippen molar-refractivity contribution in [3.05, 3.63) is 89.2 Å². The molecule has 0 bridgehead atoms. The molecule has 1 heterocycles. The van der Waals surface area contributed by atoms with E-state index in [1.165, 1.54) is 0 Å². The minimum atomic E-state index is -0.886. The lowest BCUT2D eigenvalue weighted by Crippen LogP contribution is -2.04. The average Bonchev–Trinajstić information content (AvgIpc) is 3.15. The van der Waals surface area contributed by atoms with Crippen LogP contribution < -0.4 is 10.5 Å². The summed E-state index contributed by atoms with van der Waals surface area (Å²) in [6.45, 7) is 2.85. The normalized spacial score (nSPS) is 11.0. The van der Waals surface area contributed by atoms with Gasteiger partial charge >= 0.3 is 5.97 Å². The summed E-state index contributed by atoms with van der Waals surface area (Å²) in [5.74, 6) is 0.565. The molecule has 158 valence electrons. The summed E-state index contributed by atoms with van der Waals surface area (Å²) < 4.78 is 12.1. The Labute approximate surface area is 181 Å². The predicted octanol–water partition coefficient (Wildman–Crippen LogP) is 5.33. The van der Waals surface area contributed by atoms with Crippen LogP contribution in [0.25, 0.3) is 22.1 Å². The Morgan fingerprint density at radius 3 is 2.61 bits per heavy atom. The molecule has 0 saturated carbocycles. The average molecular weight is 415 g/mol. The van der Waals surface area contributed by atoms with Gasteiger partial charge in [-0.3, -0.25) is 4.79 Å². The second kappa shape index (κ2) is 9.06. The Morgan fingerprint density at radius 1 is 1.03 bits per heavy atom. The topological polar surface area (TPSA) is 85.7 Å². The van der Waals surface area contributed by atoms with Crippen molar-refractivity contribution in [3.8, 4) is 16.9 Å². The second-order valence-corrected chi connectivity index (χ2v) is 7.44. The van der Waals surface area contributed by atoms with Crippen LogP contribution in [-0.2, 0) is 30.8 Å². The third kappa shape index (κ3) is 4.47. The van der Waals surface area contributed by atoms with E-state index in [1.807, 2.05) is 43.3 Å². The van der Waals surface area contributed by atoms with E-state index in [4.69, 9.17) is 20.0 Å². The number of nitrogens with two attached hydrogens (primary N) is 1. The molecule has 0 saturated heterocycles. The Bertz CT molecular complexity index is 1230. The first-order valence-corrected chi connectivity index (χ1v) is 10.3. The number of carboxylic acid groups (broad SMARTS) is 1. The number of para-hydroxylation sites is 1. The summed E-state index contributed by atoms with van der Waals surface area (Å²) in [5, 5.41) is 10.2. The number of benzene rings is 3. The zero-order chi connectivity index (χ0) is 21.8. The van der Waals surface area contributed by atoms with Gasteiger partial charge in [0.05, 0.1) is 6.42 Å². The standard InChI is InChI=1S/C26H25NO4/c1-2-23-22(16-30-24-9-4-3-7-20(24)14-26(28)29)21-13-19(10-11-25(21)31-23)18-8-5-6-17(12-18)15-27/h3-13H,2,14-16,27H2,1H3,(H,28,29). The van der Waals surface area contributed by atoms with Crippen LogP contribution in [0, 0.1) is 0 Å². The minimum Gasteiger partial charge on any atom is -0.488 e. The summed E-state index contributed by atoms with van der Waals surface area (Å²) in [6.07, 6.45) is 0.659. The molecule has 0 radical (unpaired) electrons. The maximum Gasteiger partial charge on any atom is 0.307 e. The number of hydrogen-bond donors (Lipinski definition) is 2. The summed E-state index contributed by atoms with van der Waals surface area (Å²) >= 11 is 0. The third-order valence-electron chi connectivity index (χ3n) is 5.38. The summed E-state index contributed by atoms with van der Waals surface area (Å²) in [6, 6.07) is 21.6. The maximum atomic E-state index is 11.2. The zero-order valence-corrected chi connectivity index (χ0v) is 17.4. The van der Waals surface area contributed by atoms with E-state index in [1.54, 1.807) is 12.1 Å². The van der Waals surface area contributed by atoms with Crippen molar-refractivity contribution in [2.24, 2.45) is 5.73 Å². The summed E-state index contributed by atoms with van der Waals surface area (Å²) in [4.78, 5) is 11.2. The number of furan rings is 1. The molecule has 4 aromatic rings. The predicted molar refractivity (Wildman–Crippen MR) is 121 cm³/mol. The van der Waals surface area contributed by atoms with Crippen molar-refractivity contribution >= 4 is 16.9 Å². The smallest absolute Gasteiger partial charge is 0.307 e. The summed E-state index contributed by atoms with van der Waals surface area (Å²) in [5.41, 5.74) is 11.5. The van der Waals surface area contributed by atoms with Crippen molar-refractivity contribution in [1.29, 1.82) is 0 Å². The lowest BCUT2D eigenvalue weighted by molar-refractivity contribution is -0.136. The summed E-state index contributed by atoms with van der Waals surface area (Å²) in [7, 11) is 0. The number of ether oxygens (including phenoxy) is 1. The Hall–Kier alpha value is -3.57. The van der Waals surface area contributed by atoms with Gasteiger partial charge in [0.2, 0.25) is 0 Å². The molecule has 0 amide bonds. The molecule has 0 aliphatic rings. The van der Waals surface area contributed by atoms with Crippen LogP contribution in [0.4, 0.5) is 0 Å². The molecule has 0 spiro atoms. The molecule has 0 unspecified atom stereocenters. The highest BCUT2D eigenvalue weighted by atomic mass is 16.5. The SMILES string of the molecule is CCc1oc2ccc(-c3cccc(CN)c3)cc2c1COc1ccccc1CC(=O)O. The lowest BCUT2D eigenvalue weighted by atomic mass is 10.00. The molecule has 0 fully saturated rings. The van der Waals surface area contributed by atoms with Crippen LogP contribution in [0.1, 0.15) is 29.4 Å². The van der Waals surface area contributed by atoms with Gasteiger partial charge in [0.15, 0.2) is 0 Å². The van der Waals surface area contributed by atoms with Gasteiger partial charge in [0, 0.05) is 29.5 Å². The molecule has 3 aromatic carbocycles. The molecular formula is C26H25NO4. The first-order chi connectivity index (χ1) is 15.1. The Balaban J connectivity index is 1.69. The van der Waals surface area contributed by atoms with E-state index in [-0.39, 0.29) is 6.42 Å². The maximum absolute atomic E-state index is 11.2. The molecule has 5 nitrogen and oxygen atoms in total. The fourth-order valence-electron chi connectivity index (χ4n) is 3.80. The highest BCUT2D eigenvalue weighted by Crippen LogP contribution is 2.32. The van der Waals surface area contributed by atoms with Crippen LogP contribution in [0.15, 0.2) is 71.1 Å². The van der Waals surface area contributed by atoms with Gasteiger partial charge in [-0.25, -0.2) is 0 Å². The highest BCUT2D eigenvalue weighted by molar-refractivity contribution is 5.87. The molecule has 0 aliphatic heterocycles. The largest absolute Gasteiger partial charge is 0.488 e. The van der Waals surface area contributed by atoms with Gasteiger partial charge < -0.3 is 20.0 Å². The van der Waals surface area contributed by atoms with Crippen LogP contribution in [-0.4, -0.2) is 11.1 Å². The van der Waals surface area contributed by atoms with E-state index in [0.29, 0.717) is 24.5 Å². The number of fused-ring (bicyclic) bond motifs is 1. The second-order valence-electron chi connectivity index (χ2n) is 7.44. The van der Waals surface area contributed by atoms with Crippen LogP contribution in [0.2, 0.25) is 0 Å². The molecule has 31 heavy (non-hydrogen) atoms. The van der Waals surface area contributed by atoms with Gasteiger partial charge in [0.25, 0.3) is 0 Å². The van der Waals surface area contributed by atoms with Crippen molar-refractivity contribution < 1.29 is 19.1 Å². The van der Waals surface area contributed by atoms with E-state index >= 15 is 0 Å². The molecule has 4 rings (SSSR count). The lowest BCUT2D eigenvalue weighted by Gasteiger charge is -2.11. The van der Waals surface area contributed by atoms with Gasteiger partial charge in [-0.05, 0) is 41.0 Å². The van der Waals surface area contributed by atoms with E-state index in [2.05, 4.69) is 18.2 Å². The number of rotatable bonds is 8. The number of aliphatic carboxylic acids is 1. The van der Waals surface area contributed by atoms with Crippen molar-refractivity contribution in [1.82, 2.24) is 0 Å². The number of aryl methyl sites for hydroxylation is 1. The minimum absolute atomic E-state index is 0.0788.